The van der Waals surface area contributed by atoms with E-state index >= 15 is 0 Å². The molecule has 0 spiro atoms. The minimum absolute atomic E-state index is 0.0462. The van der Waals surface area contributed by atoms with Gasteiger partial charge in [-0.05, 0) is 0 Å². The fraction of sp³-hybridized carbons (Fsp3) is 0.538. The van der Waals surface area contributed by atoms with E-state index in [1.54, 1.807) is 6.33 Å². The first-order valence-corrected chi connectivity index (χ1v) is 7.46. The maximum atomic E-state index is 12.4. The predicted octanol–water partition coefficient (Wildman–Crippen LogP) is -1.27. The van der Waals surface area contributed by atoms with Crippen LogP contribution < -0.4 is 15.8 Å². The Morgan fingerprint density at radius 2 is 1.86 bits per heavy atom. The minimum atomic E-state index is 0.0462. The summed E-state index contributed by atoms with van der Waals surface area (Å²) in [7, 11) is 0. The number of hydrazine groups is 1. The number of hydrogen-bond acceptors (Lipinski definition) is 7. The number of amides is 1. The molecule has 2 saturated heterocycles. The van der Waals surface area contributed by atoms with Crippen LogP contribution in [0.2, 0.25) is 0 Å². The number of fused-ring (bicyclic) bond motifs is 1. The number of H-pyrrole nitrogens is 1. The van der Waals surface area contributed by atoms with Crippen LogP contribution in [-0.2, 0) is 4.79 Å². The first-order chi connectivity index (χ1) is 10.8. The Labute approximate surface area is 127 Å². The highest BCUT2D eigenvalue weighted by atomic mass is 16.2. The van der Waals surface area contributed by atoms with Gasteiger partial charge in [-0.25, -0.2) is 15.0 Å². The maximum absolute atomic E-state index is 12.4. The molecule has 0 aromatic carbocycles. The van der Waals surface area contributed by atoms with Crippen molar-refractivity contribution in [2.24, 2.45) is 5.92 Å². The van der Waals surface area contributed by atoms with Gasteiger partial charge in [0.2, 0.25) is 5.91 Å². The van der Waals surface area contributed by atoms with Gasteiger partial charge in [-0.3, -0.25) is 15.6 Å². The summed E-state index contributed by atoms with van der Waals surface area (Å²) in [6.07, 6.45) is 3.16. The van der Waals surface area contributed by atoms with Crippen molar-refractivity contribution in [3.05, 3.63) is 12.7 Å². The third-order valence-electron chi connectivity index (χ3n) is 4.27. The van der Waals surface area contributed by atoms with E-state index in [4.69, 9.17) is 0 Å². The van der Waals surface area contributed by atoms with Crippen LogP contribution in [0.1, 0.15) is 0 Å². The first kappa shape index (κ1) is 13.4. The summed E-state index contributed by atoms with van der Waals surface area (Å²) >= 11 is 0. The fourth-order valence-corrected chi connectivity index (χ4v) is 3.03. The van der Waals surface area contributed by atoms with Gasteiger partial charge >= 0.3 is 0 Å². The number of aromatic amines is 1. The molecule has 1 amide bonds. The second-order valence-corrected chi connectivity index (χ2v) is 5.57. The number of imidazole rings is 1. The molecule has 3 N–H and O–H groups in total. The molecule has 0 radical (unpaired) electrons. The smallest absolute Gasteiger partial charge is 0.228 e. The van der Waals surface area contributed by atoms with Gasteiger partial charge < -0.3 is 14.8 Å². The topological polar surface area (TPSA) is 102 Å². The number of nitrogens with one attached hydrogen (secondary N) is 3. The summed E-state index contributed by atoms with van der Waals surface area (Å²) < 4.78 is 0. The number of carbonyl (C=O) groups excluding carboxylic acids is 1. The lowest BCUT2D eigenvalue weighted by molar-refractivity contribution is -0.134. The average Bonchev–Trinajstić information content (AvgIpc) is 3.25. The second kappa shape index (κ2) is 5.50. The van der Waals surface area contributed by atoms with E-state index in [2.05, 4.69) is 35.7 Å². The Morgan fingerprint density at radius 1 is 1.09 bits per heavy atom. The third-order valence-corrected chi connectivity index (χ3v) is 4.27. The Kier molecular flexibility index (Phi) is 3.35. The van der Waals surface area contributed by atoms with Crippen molar-refractivity contribution in [2.75, 3.05) is 44.2 Å². The van der Waals surface area contributed by atoms with E-state index in [0.717, 1.165) is 37.5 Å². The Hall–Kier alpha value is -2.26. The van der Waals surface area contributed by atoms with Gasteiger partial charge in [-0.1, -0.05) is 0 Å². The lowest BCUT2D eigenvalue weighted by atomic mass is 10.1. The summed E-state index contributed by atoms with van der Waals surface area (Å²) in [6.45, 7) is 4.39. The van der Waals surface area contributed by atoms with Crippen LogP contribution in [0.3, 0.4) is 0 Å². The van der Waals surface area contributed by atoms with E-state index < -0.39 is 0 Å². The molecule has 4 rings (SSSR count). The van der Waals surface area contributed by atoms with Crippen LogP contribution in [0.4, 0.5) is 5.82 Å². The summed E-state index contributed by atoms with van der Waals surface area (Å²) in [6, 6.07) is 0. The Morgan fingerprint density at radius 3 is 2.64 bits per heavy atom. The van der Waals surface area contributed by atoms with Crippen LogP contribution in [0.25, 0.3) is 11.2 Å². The molecule has 0 atom stereocenters. The van der Waals surface area contributed by atoms with Gasteiger partial charge in [0.25, 0.3) is 0 Å². The van der Waals surface area contributed by atoms with Crippen molar-refractivity contribution < 1.29 is 4.79 Å². The number of piperazine rings is 1. The lowest BCUT2D eigenvalue weighted by Gasteiger charge is -2.36. The average molecular weight is 302 g/mol. The molecule has 2 aromatic rings. The molecule has 116 valence electrons. The molecule has 2 aliphatic heterocycles. The molecule has 2 aliphatic rings. The largest absolute Gasteiger partial charge is 0.351 e. The lowest BCUT2D eigenvalue weighted by Crippen LogP contribution is -2.51. The summed E-state index contributed by atoms with van der Waals surface area (Å²) in [4.78, 5) is 32.3. The SMILES string of the molecule is O=C(C1CNNC1)N1CCN(c2ncnc3nc[nH]c23)CC1. The number of carbonyl (C=O) groups is 1. The number of rotatable bonds is 2. The quantitative estimate of drug-likeness (QED) is 0.635. The zero-order valence-electron chi connectivity index (χ0n) is 12.1. The van der Waals surface area contributed by atoms with Crippen molar-refractivity contribution in [3.63, 3.8) is 0 Å². The monoisotopic (exact) mass is 302 g/mol. The molecule has 22 heavy (non-hydrogen) atoms. The zero-order chi connectivity index (χ0) is 14.9. The molecule has 2 aromatic heterocycles. The van der Waals surface area contributed by atoms with Crippen molar-refractivity contribution in [1.29, 1.82) is 0 Å². The van der Waals surface area contributed by atoms with Gasteiger partial charge in [0.15, 0.2) is 11.5 Å². The van der Waals surface area contributed by atoms with Crippen LogP contribution in [0, 0.1) is 5.92 Å². The van der Waals surface area contributed by atoms with Gasteiger partial charge in [0.1, 0.15) is 11.8 Å². The second-order valence-electron chi connectivity index (χ2n) is 5.57. The molecule has 4 heterocycles. The van der Waals surface area contributed by atoms with Gasteiger partial charge in [0.05, 0.1) is 12.2 Å². The molecular weight excluding hydrogens is 284 g/mol. The zero-order valence-corrected chi connectivity index (χ0v) is 12.1. The minimum Gasteiger partial charge on any atom is -0.351 e. The van der Waals surface area contributed by atoms with Crippen LogP contribution in [0.5, 0.6) is 0 Å². The van der Waals surface area contributed by atoms with Gasteiger partial charge in [-0.2, -0.15) is 0 Å². The van der Waals surface area contributed by atoms with E-state index in [0.29, 0.717) is 18.7 Å². The fourth-order valence-electron chi connectivity index (χ4n) is 3.03. The van der Waals surface area contributed by atoms with Gasteiger partial charge in [0, 0.05) is 39.3 Å². The van der Waals surface area contributed by atoms with E-state index in [1.165, 1.54) is 6.33 Å². The maximum Gasteiger partial charge on any atom is 0.228 e. The number of anilines is 1. The summed E-state index contributed by atoms with van der Waals surface area (Å²) in [5, 5.41) is 0. The number of nitrogens with zero attached hydrogens (tertiary/aromatic N) is 5. The predicted molar refractivity (Wildman–Crippen MR) is 80.0 cm³/mol. The Bertz CT molecular complexity index is 671. The standard InChI is InChI=1S/C13H18N8O/c22-13(9-5-18-19-6-9)21-3-1-20(2-4-21)12-10-11(15-7-14-10)16-8-17-12/h7-9,18-19H,1-6H2,(H,14,15,16,17). The number of aromatic nitrogens is 4. The highest BCUT2D eigenvalue weighted by molar-refractivity contribution is 5.83. The molecule has 0 bridgehead atoms. The van der Waals surface area contributed by atoms with Crippen molar-refractivity contribution >= 4 is 22.9 Å². The van der Waals surface area contributed by atoms with Gasteiger partial charge in [-0.15, -0.1) is 0 Å². The highest BCUT2D eigenvalue weighted by Gasteiger charge is 2.30. The molecule has 9 nitrogen and oxygen atoms in total. The van der Waals surface area contributed by atoms with E-state index in [9.17, 15) is 4.79 Å². The first-order valence-electron chi connectivity index (χ1n) is 7.46. The van der Waals surface area contributed by atoms with Crippen LogP contribution in [0.15, 0.2) is 12.7 Å². The number of hydrogen-bond donors (Lipinski definition) is 3. The van der Waals surface area contributed by atoms with Crippen molar-refractivity contribution in [2.45, 2.75) is 0 Å². The van der Waals surface area contributed by atoms with Crippen molar-refractivity contribution in [3.8, 4) is 0 Å². The third kappa shape index (κ3) is 2.28. The van der Waals surface area contributed by atoms with Crippen molar-refractivity contribution in [1.82, 2.24) is 35.7 Å². The molecule has 0 saturated carbocycles. The van der Waals surface area contributed by atoms with E-state index in [1.807, 2.05) is 4.90 Å². The van der Waals surface area contributed by atoms with E-state index in [-0.39, 0.29) is 11.8 Å². The molecule has 9 heteroatoms. The summed E-state index contributed by atoms with van der Waals surface area (Å²) in [5.74, 6) is 1.13. The Balaban J connectivity index is 1.45. The molecular formula is C13H18N8O. The highest BCUT2D eigenvalue weighted by Crippen LogP contribution is 2.21. The van der Waals surface area contributed by atoms with Crippen LogP contribution in [-0.4, -0.2) is 70.0 Å². The molecule has 0 unspecified atom stereocenters. The normalized spacial score (nSPS) is 20.0. The summed E-state index contributed by atoms with van der Waals surface area (Å²) in [5.41, 5.74) is 7.54. The molecule has 0 aliphatic carbocycles. The molecule has 2 fully saturated rings. The van der Waals surface area contributed by atoms with Crippen LogP contribution >= 0.6 is 0 Å².